The lowest BCUT2D eigenvalue weighted by Crippen LogP contribution is -2.37. The summed E-state index contributed by atoms with van der Waals surface area (Å²) in [6.07, 6.45) is 0. The molecule has 0 aliphatic heterocycles. The highest BCUT2D eigenvalue weighted by Gasteiger charge is 2.19. The van der Waals surface area contributed by atoms with Gasteiger partial charge in [-0.3, -0.25) is 0 Å². The fraction of sp³-hybridized carbons (Fsp3) is 0.333. The van der Waals surface area contributed by atoms with E-state index < -0.39 is 10.0 Å². The Kier molecular flexibility index (Phi) is 7.20. The molecule has 1 aromatic rings. The van der Waals surface area contributed by atoms with Gasteiger partial charge >= 0.3 is 0 Å². The van der Waals surface area contributed by atoms with Crippen LogP contribution < -0.4 is 10.5 Å². The molecule has 0 spiro atoms. The van der Waals surface area contributed by atoms with Crippen molar-refractivity contribution in [2.75, 3.05) is 6.54 Å². The van der Waals surface area contributed by atoms with Crippen molar-refractivity contribution < 1.29 is 8.42 Å². The van der Waals surface area contributed by atoms with Crippen LogP contribution in [0.25, 0.3) is 0 Å². The van der Waals surface area contributed by atoms with Gasteiger partial charge in [0.2, 0.25) is 10.0 Å². The molecule has 1 atom stereocenters. The SMILES string of the molecule is C[C@@H](CN)NS(=O)(=O)c1cc(Br)ccc1Br.Cl. The highest BCUT2D eigenvalue weighted by atomic mass is 79.9. The van der Waals surface area contributed by atoms with E-state index in [0.717, 1.165) is 0 Å². The molecule has 8 heteroatoms. The number of rotatable bonds is 4. The molecule has 3 N–H and O–H groups in total. The second-order valence-electron chi connectivity index (χ2n) is 3.33. The van der Waals surface area contributed by atoms with E-state index in [1.54, 1.807) is 19.1 Å². The summed E-state index contributed by atoms with van der Waals surface area (Å²) in [5.41, 5.74) is 5.38. The Bertz CT molecular complexity index is 482. The minimum atomic E-state index is -3.53. The molecule has 0 bridgehead atoms. The summed E-state index contributed by atoms with van der Waals surface area (Å²) in [5, 5.41) is 0. The van der Waals surface area contributed by atoms with Gasteiger partial charge in [-0.05, 0) is 41.1 Å². The average molecular weight is 409 g/mol. The maximum absolute atomic E-state index is 12.0. The van der Waals surface area contributed by atoms with E-state index in [-0.39, 0.29) is 29.9 Å². The topological polar surface area (TPSA) is 72.2 Å². The summed E-state index contributed by atoms with van der Waals surface area (Å²) in [6, 6.07) is 4.67. The predicted octanol–water partition coefficient (Wildman–Crippen LogP) is 2.26. The molecule has 98 valence electrons. The second kappa shape index (κ2) is 7.06. The number of halogens is 3. The fourth-order valence-electron chi connectivity index (χ4n) is 1.06. The zero-order valence-corrected chi connectivity index (χ0v) is 13.8. The van der Waals surface area contributed by atoms with Crippen LogP contribution in [0, 0.1) is 0 Å². The summed E-state index contributed by atoms with van der Waals surface area (Å²) in [6.45, 7) is 1.97. The maximum atomic E-state index is 12.0. The van der Waals surface area contributed by atoms with Crippen LogP contribution in [-0.4, -0.2) is 21.0 Å². The number of hydrogen-bond acceptors (Lipinski definition) is 3. The van der Waals surface area contributed by atoms with Gasteiger partial charge in [0.15, 0.2) is 0 Å². The molecule has 4 nitrogen and oxygen atoms in total. The molecule has 0 heterocycles. The monoisotopic (exact) mass is 406 g/mol. The zero-order chi connectivity index (χ0) is 12.3. The summed E-state index contributed by atoms with van der Waals surface area (Å²) in [7, 11) is -3.53. The average Bonchev–Trinajstić information content (AvgIpc) is 2.20. The largest absolute Gasteiger partial charge is 0.329 e. The number of nitrogens with two attached hydrogens (primary N) is 1. The van der Waals surface area contributed by atoms with Gasteiger partial charge in [-0.1, -0.05) is 15.9 Å². The second-order valence-corrected chi connectivity index (χ2v) is 6.79. The van der Waals surface area contributed by atoms with Gasteiger partial charge in [0.25, 0.3) is 0 Å². The van der Waals surface area contributed by atoms with Crippen molar-refractivity contribution in [3.63, 3.8) is 0 Å². The third kappa shape index (κ3) is 4.84. The first-order chi connectivity index (χ1) is 7.36. The Morgan fingerprint density at radius 2 is 2.00 bits per heavy atom. The van der Waals surface area contributed by atoms with E-state index in [9.17, 15) is 8.42 Å². The summed E-state index contributed by atoms with van der Waals surface area (Å²) >= 11 is 6.44. The standard InChI is InChI=1S/C9H12Br2N2O2S.ClH/c1-6(5-12)13-16(14,15)9-4-7(10)2-3-8(9)11;/h2-4,6,13H,5,12H2,1H3;1H/t6-;/m0./s1. The molecule has 1 aromatic carbocycles. The number of benzene rings is 1. The fourth-order valence-corrected chi connectivity index (χ4v) is 3.82. The molecule has 0 amide bonds. The minimum Gasteiger partial charge on any atom is -0.329 e. The summed E-state index contributed by atoms with van der Waals surface area (Å²) < 4.78 is 27.6. The van der Waals surface area contributed by atoms with Crippen LogP contribution in [0.4, 0.5) is 0 Å². The van der Waals surface area contributed by atoms with E-state index in [4.69, 9.17) is 5.73 Å². The molecule has 0 radical (unpaired) electrons. The smallest absolute Gasteiger partial charge is 0.242 e. The molecule has 0 aromatic heterocycles. The lowest BCUT2D eigenvalue weighted by atomic mass is 10.4. The Labute approximate surface area is 124 Å². The lowest BCUT2D eigenvalue weighted by Gasteiger charge is -2.13. The molecule has 0 unspecified atom stereocenters. The third-order valence-electron chi connectivity index (χ3n) is 1.89. The van der Waals surface area contributed by atoms with Crippen LogP contribution in [0.5, 0.6) is 0 Å². The van der Waals surface area contributed by atoms with Gasteiger partial charge in [0, 0.05) is 21.5 Å². The van der Waals surface area contributed by atoms with E-state index in [2.05, 4.69) is 36.6 Å². The third-order valence-corrected chi connectivity index (χ3v) is 4.97. The van der Waals surface area contributed by atoms with Crippen molar-refractivity contribution in [3.8, 4) is 0 Å². The highest BCUT2D eigenvalue weighted by Crippen LogP contribution is 2.25. The molecule has 1 rings (SSSR count). The van der Waals surface area contributed by atoms with Crippen molar-refractivity contribution in [1.29, 1.82) is 0 Å². The molecule has 0 saturated carbocycles. The zero-order valence-electron chi connectivity index (χ0n) is 8.98. The van der Waals surface area contributed by atoms with Crippen LogP contribution in [0.1, 0.15) is 6.92 Å². The van der Waals surface area contributed by atoms with Gasteiger partial charge in [-0.15, -0.1) is 12.4 Å². The Morgan fingerprint density at radius 1 is 1.41 bits per heavy atom. The summed E-state index contributed by atoms with van der Waals surface area (Å²) in [5.74, 6) is 0. The van der Waals surface area contributed by atoms with Crippen LogP contribution in [0.3, 0.4) is 0 Å². The van der Waals surface area contributed by atoms with E-state index in [0.29, 0.717) is 8.95 Å². The minimum absolute atomic E-state index is 0. The first kappa shape index (κ1) is 17.3. The van der Waals surface area contributed by atoms with Gasteiger partial charge in [0.1, 0.15) is 0 Å². The Balaban J connectivity index is 0.00000256. The van der Waals surface area contributed by atoms with Crippen molar-refractivity contribution >= 4 is 54.3 Å². The summed E-state index contributed by atoms with van der Waals surface area (Å²) in [4.78, 5) is 0.196. The van der Waals surface area contributed by atoms with Crippen molar-refractivity contribution in [2.24, 2.45) is 5.73 Å². The van der Waals surface area contributed by atoms with Crippen LogP contribution in [0.15, 0.2) is 32.0 Å². The lowest BCUT2D eigenvalue weighted by molar-refractivity contribution is 0.562. The van der Waals surface area contributed by atoms with Crippen LogP contribution >= 0.6 is 44.3 Å². The molecule has 0 aliphatic rings. The van der Waals surface area contributed by atoms with Crippen molar-refractivity contribution in [1.82, 2.24) is 4.72 Å². The van der Waals surface area contributed by atoms with Gasteiger partial charge < -0.3 is 5.73 Å². The normalized spacial score (nSPS) is 12.9. The van der Waals surface area contributed by atoms with Crippen LogP contribution in [0.2, 0.25) is 0 Å². The molecular weight excluding hydrogens is 395 g/mol. The first-order valence-corrected chi connectivity index (χ1v) is 7.61. The Hall–Kier alpha value is 0.340. The van der Waals surface area contributed by atoms with E-state index in [1.165, 1.54) is 6.07 Å². The number of nitrogens with one attached hydrogen (secondary N) is 1. The number of hydrogen-bond donors (Lipinski definition) is 2. The molecule has 0 saturated heterocycles. The first-order valence-electron chi connectivity index (χ1n) is 4.54. The van der Waals surface area contributed by atoms with Gasteiger partial charge in [0.05, 0.1) is 4.90 Å². The molecule has 0 fully saturated rings. The van der Waals surface area contributed by atoms with Crippen molar-refractivity contribution in [3.05, 3.63) is 27.1 Å². The van der Waals surface area contributed by atoms with E-state index >= 15 is 0 Å². The quantitative estimate of drug-likeness (QED) is 0.803. The number of sulfonamides is 1. The molecular formula is C9H13Br2ClN2O2S. The van der Waals surface area contributed by atoms with Gasteiger partial charge in [-0.2, -0.15) is 0 Å². The Morgan fingerprint density at radius 3 is 2.53 bits per heavy atom. The molecule has 0 aliphatic carbocycles. The maximum Gasteiger partial charge on any atom is 0.242 e. The van der Waals surface area contributed by atoms with E-state index in [1.807, 2.05) is 0 Å². The highest BCUT2D eigenvalue weighted by molar-refractivity contribution is 9.11. The van der Waals surface area contributed by atoms with Crippen LogP contribution in [-0.2, 0) is 10.0 Å². The predicted molar refractivity (Wildman–Crippen MR) is 77.9 cm³/mol. The molecule has 17 heavy (non-hydrogen) atoms. The van der Waals surface area contributed by atoms with Gasteiger partial charge in [-0.25, -0.2) is 13.1 Å². The van der Waals surface area contributed by atoms with Crippen molar-refractivity contribution in [2.45, 2.75) is 17.9 Å².